The number of benzene rings is 2. The molecule has 0 unspecified atom stereocenters. The van der Waals surface area contributed by atoms with Crippen molar-refractivity contribution in [2.75, 3.05) is 5.32 Å². The molecule has 0 fully saturated rings. The molecule has 25 heavy (non-hydrogen) atoms. The molecule has 1 N–H and O–H groups in total. The van der Waals surface area contributed by atoms with Gasteiger partial charge in [-0.15, -0.1) is 0 Å². The summed E-state index contributed by atoms with van der Waals surface area (Å²) < 4.78 is 0. The van der Waals surface area contributed by atoms with Crippen LogP contribution in [0.1, 0.15) is 46.6 Å². The minimum absolute atomic E-state index is 0.145. The van der Waals surface area contributed by atoms with Crippen molar-refractivity contribution in [3.8, 4) is 11.4 Å². The Bertz CT molecular complexity index is 861. The molecule has 130 valence electrons. The van der Waals surface area contributed by atoms with Crippen molar-refractivity contribution >= 4 is 16.7 Å². The molecule has 3 rings (SSSR count). The van der Waals surface area contributed by atoms with E-state index >= 15 is 0 Å². The molecule has 0 aliphatic rings. The average Bonchev–Trinajstić information content (AvgIpc) is 2.61. The summed E-state index contributed by atoms with van der Waals surface area (Å²) in [5, 5.41) is 4.60. The van der Waals surface area contributed by atoms with Gasteiger partial charge in [0.2, 0.25) is 0 Å². The van der Waals surface area contributed by atoms with E-state index in [4.69, 9.17) is 9.97 Å². The maximum absolute atomic E-state index is 4.83. The van der Waals surface area contributed by atoms with Gasteiger partial charge in [0.25, 0.3) is 0 Å². The molecule has 0 radical (unpaired) electrons. The molecule has 0 saturated carbocycles. The van der Waals surface area contributed by atoms with Crippen molar-refractivity contribution < 1.29 is 0 Å². The Labute approximate surface area is 150 Å². The highest BCUT2D eigenvalue weighted by atomic mass is 15.0. The molecule has 3 heteroatoms. The van der Waals surface area contributed by atoms with E-state index in [9.17, 15) is 0 Å². The minimum atomic E-state index is 0.145. The number of nitrogens with one attached hydrogen (secondary N) is 1. The Balaban J connectivity index is 2.07. The van der Waals surface area contributed by atoms with Crippen LogP contribution in [0.25, 0.3) is 22.3 Å². The molecule has 0 amide bonds. The fourth-order valence-corrected chi connectivity index (χ4v) is 2.77. The number of para-hydroxylation sites is 1. The molecule has 0 bridgehead atoms. The smallest absolute Gasteiger partial charge is 0.162 e. The van der Waals surface area contributed by atoms with Crippen LogP contribution in [0.3, 0.4) is 0 Å². The first-order valence-corrected chi connectivity index (χ1v) is 9.02. The van der Waals surface area contributed by atoms with Crippen LogP contribution in [0.15, 0.2) is 48.5 Å². The number of nitrogens with zero attached hydrogens (tertiary/aromatic N) is 2. The molecule has 0 aliphatic heterocycles. The van der Waals surface area contributed by atoms with E-state index in [2.05, 4.69) is 70.3 Å². The quantitative estimate of drug-likeness (QED) is 0.655. The highest BCUT2D eigenvalue weighted by molar-refractivity contribution is 5.90. The molecule has 0 spiro atoms. The van der Waals surface area contributed by atoms with Crippen LogP contribution in [0.5, 0.6) is 0 Å². The lowest BCUT2D eigenvalue weighted by molar-refractivity contribution is 0.590. The van der Waals surface area contributed by atoms with Crippen LogP contribution in [0.4, 0.5) is 5.82 Å². The van der Waals surface area contributed by atoms with Gasteiger partial charge in [0.15, 0.2) is 5.82 Å². The van der Waals surface area contributed by atoms with Crippen LogP contribution < -0.4 is 5.32 Å². The zero-order valence-corrected chi connectivity index (χ0v) is 15.8. The largest absolute Gasteiger partial charge is 0.367 e. The van der Waals surface area contributed by atoms with Gasteiger partial charge in [-0.2, -0.15) is 0 Å². The van der Waals surface area contributed by atoms with Gasteiger partial charge in [0.05, 0.1) is 5.52 Å². The fourth-order valence-electron chi connectivity index (χ4n) is 2.77. The second-order valence-corrected chi connectivity index (χ2v) is 7.69. The second-order valence-electron chi connectivity index (χ2n) is 7.69. The van der Waals surface area contributed by atoms with Crippen molar-refractivity contribution in [2.24, 2.45) is 0 Å². The average molecular weight is 333 g/mol. The van der Waals surface area contributed by atoms with Crippen LogP contribution in [-0.4, -0.2) is 16.0 Å². The highest BCUT2D eigenvalue weighted by Gasteiger charge is 2.15. The Hall–Kier alpha value is -2.42. The summed E-state index contributed by atoms with van der Waals surface area (Å²) in [6, 6.07) is 17.1. The molecule has 1 atom stereocenters. The molecule has 3 nitrogen and oxygen atoms in total. The fraction of sp³-hybridized carbons (Fsp3) is 0.364. The number of hydrogen-bond acceptors (Lipinski definition) is 3. The van der Waals surface area contributed by atoms with Crippen molar-refractivity contribution in [1.29, 1.82) is 0 Å². The minimum Gasteiger partial charge on any atom is -0.367 e. The summed E-state index contributed by atoms with van der Waals surface area (Å²) in [4.78, 5) is 9.61. The third-order valence-corrected chi connectivity index (χ3v) is 4.61. The Kier molecular flexibility index (Phi) is 4.76. The summed E-state index contributed by atoms with van der Waals surface area (Å²) in [6.07, 6.45) is 1.05. The standard InChI is InChI=1S/C22H27N3/c1-6-15(2)23-21-18-9-7-8-10-19(18)24-20(25-21)16-11-13-17(14-12-16)22(3,4)5/h7-15H,6H2,1-5H3,(H,23,24,25)/t15-/m0/s1. The van der Waals surface area contributed by atoms with E-state index in [1.54, 1.807) is 0 Å². The Morgan fingerprint density at radius 1 is 0.960 bits per heavy atom. The molecule has 3 aromatic rings. The predicted octanol–water partition coefficient (Wildman–Crippen LogP) is 5.80. The van der Waals surface area contributed by atoms with Crippen molar-refractivity contribution in [2.45, 2.75) is 52.5 Å². The zero-order valence-electron chi connectivity index (χ0n) is 15.8. The summed E-state index contributed by atoms with van der Waals surface area (Å²) in [5.74, 6) is 1.68. The summed E-state index contributed by atoms with van der Waals surface area (Å²) in [6.45, 7) is 11.0. The summed E-state index contributed by atoms with van der Waals surface area (Å²) >= 11 is 0. The first kappa shape index (κ1) is 17.4. The predicted molar refractivity (Wildman–Crippen MR) is 107 cm³/mol. The highest BCUT2D eigenvalue weighted by Crippen LogP contribution is 2.28. The van der Waals surface area contributed by atoms with E-state index in [-0.39, 0.29) is 5.41 Å². The van der Waals surface area contributed by atoms with E-state index in [1.807, 2.05) is 18.2 Å². The number of rotatable bonds is 4. The summed E-state index contributed by atoms with van der Waals surface area (Å²) in [5.41, 5.74) is 3.48. The first-order chi connectivity index (χ1) is 11.9. The van der Waals surface area contributed by atoms with Gasteiger partial charge in [0.1, 0.15) is 5.82 Å². The lowest BCUT2D eigenvalue weighted by Gasteiger charge is -2.19. The lowest BCUT2D eigenvalue weighted by Crippen LogP contribution is -2.15. The number of aromatic nitrogens is 2. The van der Waals surface area contributed by atoms with Gasteiger partial charge in [-0.1, -0.05) is 64.1 Å². The van der Waals surface area contributed by atoms with E-state index in [0.29, 0.717) is 6.04 Å². The van der Waals surface area contributed by atoms with Crippen LogP contribution >= 0.6 is 0 Å². The third kappa shape index (κ3) is 3.81. The van der Waals surface area contributed by atoms with E-state index in [0.717, 1.165) is 34.5 Å². The first-order valence-electron chi connectivity index (χ1n) is 9.02. The molecule has 2 aromatic carbocycles. The number of fused-ring (bicyclic) bond motifs is 1. The maximum atomic E-state index is 4.83. The number of hydrogen-bond donors (Lipinski definition) is 1. The zero-order chi connectivity index (χ0) is 18.0. The molecule has 1 aromatic heterocycles. The van der Waals surface area contributed by atoms with Crippen molar-refractivity contribution in [3.05, 3.63) is 54.1 Å². The van der Waals surface area contributed by atoms with E-state index < -0.39 is 0 Å². The second kappa shape index (κ2) is 6.83. The molecule has 0 saturated heterocycles. The van der Waals surface area contributed by atoms with E-state index in [1.165, 1.54) is 5.56 Å². The van der Waals surface area contributed by atoms with Crippen LogP contribution in [0, 0.1) is 0 Å². The van der Waals surface area contributed by atoms with Gasteiger partial charge in [0, 0.05) is 17.0 Å². The number of anilines is 1. The van der Waals surface area contributed by atoms with Crippen LogP contribution in [-0.2, 0) is 5.41 Å². The maximum Gasteiger partial charge on any atom is 0.162 e. The summed E-state index contributed by atoms with van der Waals surface area (Å²) in [7, 11) is 0. The van der Waals surface area contributed by atoms with Gasteiger partial charge in [-0.3, -0.25) is 0 Å². The SMILES string of the molecule is CC[C@H](C)Nc1nc(-c2ccc(C(C)(C)C)cc2)nc2ccccc12. The normalized spacial score (nSPS) is 13.0. The molecular weight excluding hydrogens is 306 g/mol. The van der Waals surface area contributed by atoms with Gasteiger partial charge < -0.3 is 5.32 Å². The van der Waals surface area contributed by atoms with Gasteiger partial charge in [-0.25, -0.2) is 9.97 Å². The van der Waals surface area contributed by atoms with Gasteiger partial charge >= 0.3 is 0 Å². The molecule has 1 heterocycles. The van der Waals surface area contributed by atoms with Crippen molar-refractivity contribution in [3.63, 3.8) is 0 Å². The van der Waals surface area contributed by atoms with Gasteiger partial charge in [-0.05, 0) is 36.5 Å². The Morgan fingerprint density at radius 2 is 1.64 bits per heavy atom. The topological polar surface area (TPSA) is 37.8 Å². The Morgan fingerprint density at radius 3 is 2.28 bits per heavy atom. The van der Waals surface area contributed by atoms with Crippen LogP contribution in [0.2, 0.25) is 0 Å². The lowest BCUT2D eigenvalue weighted by atomic mass is 9.87. The molecular formula is C22H27N3. The molecule has 0 aliphatic carbocycles. The monoisotopic (exact) mass is 333 g/mol. The van der Waals surface area contributed by atoms with Crippen molar-refractivity contribution in [1.82, 2.24) is 9.97 Å². The third-order valence-electron chi connectivity index (χ3n) is 4.61.